The third-order valence-corrected chi connectivity index (χ3v) is 1.76. The molecular formula is C8H10N2O2. The van der Waals surface area contributed by atoms with Crippen LogP contribution in [-0.2, 0) is 0 Å². The molecule has 64 valence electrons. The van der Waals surface area contributed by atoms with Gasteiger partial charge in [0.25, 0.3) is 0 Å². The van der Waals surface area contributed by atoms with E-state index in [9.17, 15) is 4.91 Å². The maximum Gasteiger partial charge on any atom is 0.131 e. The fourth-order valence-corrected chi connectivity index (χ4v) is 0.995. The summed E-state index contributed by atoms with van der Waals surface area (Å²) in [4.78, 5) is 10.2. The lowest BCUT2D eigenvalue weighted by molar-refractivity contribution is 0.412. The summed E-state index contributed by atoms with van der Waals surface area (Å²) in [6.07, 6.45) is 0. The highest BCUT2D eigenvalue weighted by molar-refractivity contribution is 5.69. The number of rotatable bonds is 2. The van der Waals surface area contributed by atoms with Gasteiger partial charge < -0.3 is 10.5 Å². The monoisotopic (exact) mass is 166 g/mol. The first-order valence-electron chi connectivity index (χ1n) is 3.47. The van der Waals surface area contributed by atoms with Gasteiger partial charge in [-0.15, -0.1) is 4.91 Å². The van der Waals surface area contributed by atoms with Gasteiger partial charge in [0, 0.05) is 5.56 Å². The molecule has 0 fully saturated rings. The maximum atomic E-state index is 10.2. The van der Waals surface area contributed by atoms with Crippen LogP contribution in [0.5, 0.6) is 5.75 Å². The summed E-state index contributed by atoms with van der Waals surface area (Å²) >= 11 is 0. The standard InChI is InChI=1S/C8H10N2O2/c1-5-7(12-2)4-3-6(10-11)8(5)9/h3-4H,9H2,1-2H3. The zero-order chi connectivity index (χ0) is 9.14. The van der Waals surface area contributed by atoms with E-state index in [2.05, 4.69) is 5.18 Å². The van der Waals surface area contributed by atoms with Crippen LogP contribution in [0.25, 0.3) is 0 Å². The molecule has 0 aliphatic carbocycles. The number of anilines is 1. The Morgan fingerprint density at radius 2 is 2.17 bits per heavy atom. The topological polar surface area (TPSA) is 64.7 Å². The molecule has 0 spiro atoms. The molecule has 0 aliphatic heterocycles. The van der Waals surface area contributed by atoms with E-state index in [1.165, 1.54) is 6.07 Å². The van der Waals surface area contributed by atoms with Gasteiger partial charge in [0.05, 0.1) is 12.8 Å². The van der Waals surface area contributed by atoms with Crippen LogP contribution in [0.4, 0.5) is 11.4 Å². The van der Waals surface area contributed by atoms with Crippen LogP contribution in [0.3, 0.4) is 0 Å². The molecule has 0 radical (unpaired) electrons. The molecule has 0 heterocycles. The van der Waals surface area contributed by atoms with Crippen LogP contribution in [-0.4, -0.2) is 7.11 Å². The normalized spacial score (nSPS) is 9.50. The largest absolute Gasteiger partial charge is 0.496 e. The molecule has 0 aliphatic rings. The molecule has 4 heteroatoms. The third kappa shape index (κ3) is 1.23. The fraction of sp³-hybridized carbons (Fsp3) is 0.250. The van der Waals surface area contributed by atoms with Crippen LogP contribution >= 0.6 is 0 Å². The smallest absolute Gasteiger partial charge is 0.131 e. The van der Waals surface area contributed by atoms with Crippen molar-refractivity contribution in [3.05, 3.63) is 22.6 Å². The molecule has 1 aromatic rings. The van der Waals surface area contributed by atoms with E-state index in [0.29, 0.717) is 11.4 Å². The summed E-state index contributed by atoms with van der Waals surface area (Å²) < 4.78 is 5.00. The highest BCUT2D eigenvalue weighted by atomic mass is 16.5. The van der Waals surface area contributed by atoms with E-state index in [0.717, 1.165) is 5.56 Å². The van der Waals surface area contributed by atoms with Crippen LogP contribution in [0.1, 0.15) is 5.56 Å². The van der Waals surface area contributed by atoms with Gasteiger partial charge in [-0.3, -0.25) is 0 Å². The Kier molecular flexibility index (Phi) is 2.28. The minimum Gasteiger partial charge on any atom is -0.496 e. The molecule has 1 rings (SSSR count). The van der Waals surface area contributed by atoms with Gasteiger partial charge in [0.1, 0.15) is 11.4 Å². The Hall–Kier alpha value is -1.58. The summed E-state index contributed by atoms with van der Waals surface area (Å²) in [5.74, 6) is 0.667. The van der Waals surface area contributed by atoms with E-state index in [1.54, 1.807) is 20.1 Å². The first-order chi connectivity index (χ1) is 5.70. The van der Waals surface area contributed by atoms with E-state index < -0.39 is 0 Å². The Bertz CT molecular complexity index is 310. The van der Waals surface area contributed by atoms with Crippen molar-refractivity contribution >= 4 is 11.4 Å². The van der Waals surface area contributed by atoms with Gasteiger partial charge >= 0.3 is 0 Å². The molecule has 0 amide bonds. The quantitative estimate of drug-likeness (QED) is 0.539. The highest BCUT2D eigenvalue weighted by Crippen LogP contribution is 2.31. The summed E-state index contributed by atoms with van der Waals surface area (Å²) in [6.45, 7) is 1.78. The van der Waals surface area contributed by atoms with Crippen LogP contribution in [0.2, 0.25) is 0 Å². The number of nitrogens with zero attached hydrogens (tertiary/aromatic N) is 1. The number of benzene rings is 1. The molecule has 0 bridgehead atoms. The van der Waals surface area contributed by atoms with Crippen molar-refractivity contribution in [3.63, 3.8) is 0 Å². The number of hydrogen-bond acceptors (Lipinski definition) is 4. The van der Waals surface area contributed by atoms with Crippen molar-refractivity contribution in [1.82, 2.24) is 0 Å². The van der Waals surface area contributed by atoms with Crippen LogP contribution < -0.4 is 10.5 Å². The van der Waals surface area contributed by atoms with Crippen molar-refractivity contribution in [3.8, 4) is 5.75 Å². The third-order valence-electron chi connectivity index (χ3n) is 1.76. The zero-order valence-electron chi connectivity index (χ0n) is 7.00. The number of nitroso groups, excluding NO2 is 1. The van der Waals surface area contributed by atoms with E-state index >= 15 is 0 Å². The van der Waals surface area contributed by atoms with Crippen molar-refractivity contribution in [2.24, 2.45) is 5.18 Å². The minimum atomic E-state index is 0.258. The van der Waals surface area contributed by atoms with Gasteiger partial charge in [0.2, 0.25) is 0 Å². The van der Waals surface area contributed by atoms with Crippen molar-refractivity contribution in [2.45, 2.75) is 6.92 Å². The Labute approximate surface area is 70.3 Å². The van der Waals surface area contributed by atoms with E-state index in [-0.39, 0.29) is 5.69 Å². The number of hydrogen-bond donors (Lipinski definition) is 1. The average Bonchev–Trinajstić information content (AvgIpc) is 2.10. The average molecular weight is 166 g/mol. The van der Waals surface area contributed by atoms with Gasteiger partial charge in [-0.05, 0) is 24.2 Å². The van der Waals surface area contributed by atoms with Crippen molar-refractivity contribution < 1.29 is 4.74 Å². The van der Waals surface area contributed by atoms with Gasteiger partial charge in [-0.1, -0.05) is 0 Å². The molecule has 2 N–H and O–H groups in total. The Morgan fingerprint density at radius 3 is 2.67 bits per heavy atom. The summed E-state index contributed by atoms with van der Waals surface area (Å²) in [6, 6.07) is 3.20. The van der Waals surface area contributed by atoms with Gasteiger partial charge in [-0.2, -0.15) is 0 Å². The number of nitrogens with two attached hydrogens (primary N) is 1. The lowest BCUT2D eigenvalue weighted by Crippen LogP contribution is -1.93. The first-order valence-corrected chi connectivity index (χ1v) is 3.47. The maximum absolute atomic E-state index is 10.2. The predicted molar refractivity (Wildman–Crippen MR) is 47.6 cm³/mol. The molecule has 0 saturated heterocycles. The number of methoxy groups -OCH3 is 1. The molecular weight excluding hydrogens is 156 g/mol. The van der Waals surface area contributed by atoms with E-state index in [4.69, 9.17) is 10.5 Å². The lowest BCUT2D eigenvalue weighted by Gasteiger charge is -2.07. The summed E-state index contributed by atoms with van der Waals surface area (Å²) in [5.41, 5.74) is 6.98. The second-order valence-electron chi connectivity index (χ2n) is 2.42. The molecule has 0 saturated carbocycles. The number of nitrogen functional groups attached to an aromatic ring is 1. The van der Waals surface area contributed by atoms with Crippen molar-refractivity contribution in [1.29, 1.82) is 0 Å². The van der Waals surface area contributed by atoms with Crippen LogP contribution in [0, 0.1) is 11.8 Å². The zero-order valence-corrected chi connectivity index (χ0v) is 7.00. The fourth-order valence-electron chi connectivity index (χ4n) is 0.995. The second kappa shape index (κ2) is 3.21. The molecule has 0 unspecified atom stereocenters. The second-order valence-corrected chi connectivity index (χ2v) is 2.42. The Morgan fingerprint density at radius 1 is 1.50 bits per heavy atom. The molecule has 1 aromatic carbocycles. The Balaban J connectivity index is 3.29. The minimum absolute atomic E-state index is 0.258. The summed E-state index contributed by atoms with van der Waals surface area (Å²) in [7, 11) is 1.55. The highest BCUT2D eigenvalue weighted by Gasteiger charge is 2.06. The lowest BCUT2D eigenvalue weighted by atomic mass is 10.1. The first kappa shape index (κ1) is 8.52. The van der Waals surface area contributed by atoms with Crippen molar-refractivity contribution in [2.75, 3.05) is 12.8 Å². The van der Waals surface area contributed by atoms with E-state index in [1.807, 2.05) is 0 Å². The SMILES string of the molecule is COc1ccc(N=O)c(N)c1C. The molecule has 0 aromatic heterocycles. The van der Waals surface area contributed by atoms with Crippen LogP contribution in [0.15, 0.2) is 17.3 Å². The number of ether oxygens (including phenoxy) is 1. The van der Waals surface area contributed by atoms with Gasteiger partial charge in [0.15, 0.2) is 0 Å². The summed E-state index contributed by atoms with van der Waals surface area (Å²) in [5, 5.41) is 2.78. The van der Waals surface area contributed by atoms with Gasteiger partial charge in [-0.25, -0.2) is 0 Å². The molecule has 4 nitrogen and oxygen atoms in total. The predicted octanol–water partition coefficient (Wildman–Crippen LogP) is 1.98. The molecule has 0 atom stereocenters. The molecule has 12 heavy (non-hydrogen) atoms.